The average Bonchev–Trinajstić information content (AvgIpc) is 3.03. The van der Waals surface area contributed by atoms with Crippen LogP contribution in [0.5, 0.6) is 0 Å². The lowest BCUT2D eigenvalue weighted by Crippen LogP contribution is -2.40. The molecular formula is C18H23N3O8S3. The minimum atomic E-state index is -4.82. The van der Waals surface area contributed by atoms with Gasteiger partial charge in [-0.05, 0) is 29.3 Å². The van der Waals surface area contributed by atoms with Gasteiger partial charge >= 0.3 is 5.97 Å². The van der Waals surface area contributed by atoms with Gasteiger partial charge in [-0.15, -0.1) is 5.06 Å². The van der Waals surface area contributed by atoms with Crippen molar-refractivity contribution in [1.82, 2.24) is 14.4 Å². The molecule has 0 saturated carbocycles. The van der Waals surface area contributed by atoms with Crippen LogP contribution in [0, 0.1) is 0 Å². The van der Waals surface area contributed by atoms with Gasteiger partial charge in [0.1, 0.15) is 5.03 Å². The lowest BCUT2D eigenvalue weighted by atomic mass is 10.1. The van der Waals surface area contributed by atoms with Crippen molar-refractivity contribution in [3.8, 4) is 0 Å². The predicted molar refractivity (Wildman–Crippen MR) is 116 cm³/mol. The minimum Gasteiger partial charge on any atom is -0.330 e. The van der Waals surface area contributed by atoms with Crippen LogP contribution in [0.25, 0.3) is 0 Å². The van der Waals surface area contributed by atoms with Crippen molar-refractivity contribution in [2.75, 3.05) is 0 Å². The number of amides is 3. The summed E-state index contributed by atoms with van der Waals surface area (Å²) in [6, 6.07) is 4.72. The van der Waals surface area contributed by atoms with Gasteiger partial charge in [0.15, 0.2) is 5.25 Å². The second-order valence-corrected chi connectivity index (χ2v) is 10.4. The van der Waals surface area contributed by atoms with E-state index in [1.807, 2.05) is 6.92 Å². The van der Waals surface area contributed by atoms with Crippen molar-refractivity contribution in [2.24, 2.45) is 0 Å². The van der Waals surface area contributed by atoms with Crippen molar-refractivity contribution >= 4 is 55.6 Å². The number of imide groups is 1. The van der Waals surface area contributed by atoms with Crippen LogP contribution in [0.2, 0.25) is 0 Å². The molecule has 0 radical (unpaired) electrons. The van der Waals surface area contributed by atoms with Crippen LogP contribution < -0.4 is 0 Å². The third-order valence-electron chi connectivity index (χ3n) is 4.36. The van der Waals surface area contributed by atoms with Crippen molar-refractivity contribution in [3.63, 3.8) is 0 Å². The number of rotatable bonds is 11. The van der Waals surface area contributed by atoms with Crippen molar-refractivity contribution in [1.29, 1.82) is 0 Å². The normalized spacial score (nSPS) is 17.3. The Morgan fingerprint density at radius 2 is 2.06 bits per heavy atom. The monoisotopic (exact) mass is 505 g/mol. The molecule has 0 aliphatic carbocycles. The highest BCUT2D eigenvalue weighted by Gasteiger charge is 2.48. The van der Waals surface area contributed by atoms with Gasteiger partial charge in [0.05, 0.1) is 18.9 Å². The Balaban J connectivity index is 2.10. The summed E-state index contributed by atoms with van der Waals surface area (Å²) in [6.07, 6.45) is 1.71. The molecule has 2 rings (SSSR count). The number of carbonyl (C=O) groups excluding carboxylic acids is 4. The van der Waals surface area contributed by atoms with E-state index in [0.29, 0.717) is 17.9 Å². The maximum absolute atomic E-state index is 12.5. The lowest BCUT2D eigenvalue weighted by Gasteiger charge is -2.29. The number of hydrogen-bond acceptors (Lipinski definition) is 10. The van der Waals surface area contributed by atoms with Gasteiger partial charge in [-0.1, -0.05) is 26.3 Å². The van der Waals surface area contributed by atoms with E-state index >= 15 is 0 Å². The molecular weight excluding hydrogens is 482 g/mol. The van der Waals surface area contributed by atoms with E-state index in [0.717, 1.165) is 11.0 Å². The van der Waals surface area contributed by atoms with Crippen molar-refractivity contribution in [3.05, 3.63) is 24.4 Å². The van der Waals surface area contributed by atoms with E-state index < -0.39 is 45.6 Å². The van der Waals surface area contributed by atoms with E-state index in [1.165, 1.54) is 15.1 Å². The Morgan fingerprint density at radius 3 is 2.59 bits per heavy atom. The minimum absolute atomic E-state index is 0.0611. The maximum Gasteiger partial charge on any atom is 0.335 e. The Morgan fingerprint density at radius 1 is 1.34 bits per heavy atom. The Labute approximate surface area is 193 Å². The fourth-order valence-electron chi connectivity index (χ4n) is 2.81. The first-order valence-electron chi connectivity index (χ1n) is 9.70. The number of hydroxylamine groups is 2. The Kier molecular flexibility index (Phi) is 9.48. The fraction of sp³-hybridized carbons (Fsp3) is 0.500. The Bertz CT molecular complexity index is 957. The number of aromatic nitrogens is 1. The van der Waals surface area contributed by atoms with Crippen LogP contribution in [0.3, 0.4) is 0 Å². The molecule has 0 bridgehead atoms. The summed E-state index contributed by atoms with van der Waals surface area (Å²) in [7, 11) is -2.46. The molecule has 1 fully saturated rings. The second-order valence-electron chi connectivity index (χ2n) is 6.74. The largest absolute Gasteiger partial charge is 0.335 e. The molecule has 14 heteroatoms. The number of hydrogen-bond donors (Lipinski definition) is 1. The average molecular weight is 506 g/mol. The van der Waals surface area contributed by atoms with Crippen LogP contribution in [-0.2, 0) is 34.1 Å². The molecule has 0 spiro atoms. The van der Waals surface area contributed by atoms with Gasteiger partial charge in [-0.25, -0.2) is 9.78 Å². The van der Waals surface area contributed by atoms with Crippen molar-refractivity contribution < 1.29 is 37.0 Å². The molecule has 1 aromatic heterocycles. The fourth-order valence-corrected chi connectivity index (χ4v) is 5.81. The molecule has 1 N–H and O–H groups in total. The molecule has 3 amide bonds. The lowest BCUT2D eigenvalue weighted by molar-refractivity contribution is -0.198. The topological polar surface area (TPSA) is 151 Å². The van der Waals surface area contributed by atoms with E-state index in [2.05, 4.69) is 4.98 Å². The molecule has 176 valence electrons. The zero-order valence-electron chi connectivity index (χ0n) is 17.4. The van der Waals surface area contributed by atoms with Gasteiger partial charge in [0.25, 0.3) is 21.9 Å². The molecule has 11 nitrogen and oxygen atoms in total. The molecule has 1 saturated heterocycles. The third kappa shape index (κ3) is 6.92. The van der Waals surface area contributed by atoms with E-state index in [4.69, 9.17) is 9.39 Å². The SMILES string of the molecule is CCCC(CC(=O)ON1C(=O)CC(S(=O)(=O)O)C1=O)N(SSc1ccccn1)C(=O)CC. The van der Waals surface area contributed by atoms with Gasteiger partial charge in [-0.3, -0.25) is 23.2 Å². The molecule has 2 heterocycles. The highest BCUT2D eigenvalue weighted by molar-refractivity contribution is 8.75. The van der Waals surface area contributed by atoms with E-state index in [1.54, 1.807) is 31.3 Å². The summed E-state index contributed by atoms with van der Waals surface area (Å²) >= 11 is 0. The zero-order chi connectivity index (χ0) is 23.9. The Hall–Kier alpha value is -2.16. The molecule has 1 aliphatic rings. The summed E-state index contributed by atoms with van der Waals surface area (Å²) < 4.78 is 33.0. The van der Waals surface area contributed by atoms with Gasteiger partial charge < -0.3 is 4.84 Å². The molecule has 2 atom stereocenters. The molecule has 1 aromatic rings. The smallest absolute Gasteiger partial charge is 0.330 e. The van der Waals surface area contributed by atoms with E-state index in [9.17, 15) is 27.6 Å². The summed E-state index contributed by atoms with van der Waals surface area (Å²) in [5.74, 6) is -3.61. The summed E-state index contributed by atoms with van der Waals surface area (Å²) in [4.78, 5) is 58.0. The second kappa shape index (κ2) is 11.6. The van der Waals surface area contributed by atoms with Crippen molar-refractivity contribution in [2.45, 2.75) is 62.3 Å². The van der Waals surface area contributed by atoms with Gasteiger partial charge in [0, 0.05) is 23.6 Å². The van der Waals surface area contributed by atoms with Crippen LogP contribution in [0.1, 0.15) is 46.0 Å². The molecule has 1 aliphatic heterocycles. The first-order valence-corrected chi connectivity index (χ1v) is 13.3. The zero-order valence-corrected chi connectivity index (χ0v) is 19.8. The third-order valence-corrected chi connectivity index (χ3v) is 7.81. The highest BCUT2D eigenvalue weighted by Crippen LogP contribution is 2.36. The highest BCUT2D eigenvalue weighted by atomic mass is 33.1. The molecule has 2 unspecified atom stereocenters. The maximum atomic E-state index is 12.5. The predicted octanol–water partition coefficient (Wildman–Crippen LogP) is 2.01. The van der Waals surface area contributed by atoms with Crippen LogP contribution in [-0.4, -0.2) is 62.3 Å². The van der Waals surface area contributed by atoms with Crippen LogP contribution in [0.15, 0.2) is 29.4 Å². The standard InChI is InChI=1S/C18H23N3O8S3/c1-3-7-12(21(15(22)4-2)31-30-14-8-5-6-9-19-14)10-17(24)29-20-16(23)11-13(18(20)25)32(26,27)28/h5-6,8-9,12-13H,3-4,7,10-11H2,1-2H3,(H,26,27,28). The van der Waals surface area contributed by atoms with Crippen LogP contribution >= 0.6 is 21.8 Å². The first-order chi connectivity index (χ1) is 15.1. The van der Waals surface area contributed by atoms with Crippen LogP contribution in [0.4, 0.5) is 0 Å². The summed E-state index contributed by atoms with van der Waals surface area (Å²) in [5, 5.41) is -1.28. The number of carbonyl (C=O) groups is 4. The van der Waals surface area contributed by atoms with Gasteiger partial charge in [-0.2, -0.15) is 8.42 Å². The quantitative estimate of drug-likeness (QED) is 0.203. The summed E-state index contributed by atoms with van der Waals surface area (Å²) in [5.41, 5.74) is 0. The van der Waals surface area contributed by atoms with Gasteiger partial charge in [0.2, 0.25) is 5.91 Å². The number of pyridine rings is 1. The van der Waals surface area contributed by atoms with E-state index in [-0.39, 0.29) is 23.8 Å². The molecule has 0 aromatic carbocycles. The number of nitrogens with zero attached hydrogens (tertiary/aromatic N) is 3. The summed E-state index contributed by atoms with van der Waals surface area (Å²) in [6.45, 7) is 3.55. The molecule has 32 heavy (non-hydrogen) atoms. The first kappa shape index (κ1) is 26.1.